The second-order valence-electron chi connectivity index (χ2n) is 6.38. The van der Waals surface area contributed by atoms with Gasteiger partial charge in [0.05, 0.1) is 5.75 Å². The zero-order chi connectivity index (χ0) is 19.3. The molecular formula is C20H19ClN4O2S. The number of carbonyl (C=O) groups is 1. The van der Waals surface area contributed by atoms with E-state index in [9.17, 15) is 4.79 Å². The van der Waals surface area contributed by atoms with E-state index >= 15 is 0 Å². The highest BCUT2D eigenvalue weighted by molar-refractivity contribution is 7.99. The van der Waals surface area contributed by atoms with Crippen molar-refractivity contribution in [2.75, 3.05) is 36.8 Å². The molecule has 0 saturated carbocycles. The fourth-order valence-electron chi connectivity index (χ4n) is 3.07. The van der Waals surface area contributed by atoms with E-state index in [2.05, 4.69) is 27.2 Å². The van der Waals surface area contributed by atoms with Gasteiger partial charge in [-0.2, -0.15) is 0 Å². The Hall–Kier alpha value is -2.51. The van der Waals surface area contributed by atoms with Gasteiger partial charge in [-0.25, -0.2) is 0 Å². The standard InChI is InChI=1S/C20H19ClN4O2S/c21-16-6-4-5-15(13-16)19-22-23-20(27-19)28-14-18(26)25-11-9-24(10-12-25)17-7-2-1-3-8-17/h1-8,13H,9-12,14H2. The van der Waals surface area contributed by atoms with Crippen molar-refractivity contribution in [3.63, 3.8) is 0 Å². The summed E-state index contributed by atoms with van der Waals surface area (Å²) in [4.78, 5) is 16.7. The molecular weight excluding hydrogens is 396 g/mol. The van der Waals surface area contributed by atoms with Gasteiger partial charge in [-0.05, 0) is 30.3 Å². The van der Waals surface area contributed by atoms with Crippen LogP contribution in [0.15, 0.2) is 64.2 Å². The molecule has 1 fully saturated rings. The molecule has 3 aromatic rings. The van der Waals surface area contributed by atoms with Crippen molar-refractivity contribution < 1.29 is 9.21 Å². The number of para-hydroxylation sites is 1. The second-order valence-corrected chi connectivity index (χ2v) is 7.74. The fourth-order valence-corrected chi connectivity index (χ4v) is 3.93. The fraction of sp³-hybridized carbons (Fsp3) is 0.250. The summed E-state index contributed by atoms with van der Waals surface area (Å²) in [5, 5.41) is 9.04. The van der Waals surface area contributed by atoms with E-state index in [1.807, 2.05) is 35.2 Å². The first-order chi connectivity index (χ1) is 13.7. The molecule has 0 bridgehead atoms. The summed E-state index contributed by atoms with van der Waals surface area (Å²) >= 11 is 7.25. The van der Waals surface area contributed by atoms with E-state index in [1.165, 1.54) is 17.4 Å². The molecule has 6 nitrogen and oxygen atoms in total. The predicted octanol–water partition coefficient (Wildman–Crippen LogP) is 3.83. The number of benzene rings is 2. The number of carbonyl (C=O) groups excluding carboxylic acids is 1. The summed E-state index contributed by atoms with van der Waals surface area (Å²) in [6, 6.07) is 17.5. The van der Waals surface area contributed by atoms with Gasteiger partial charge < -0.3 is 14.2 Å². The van der Waals surface area contributed by atoms with Gasteiger partial charge in [0.2, 0.25) is 11.8 Å². The first-order valence-corrected chi connectivity index (χ1v) is 10.4. The smallest absolute Gasteiger partial charge is 0.277 e. The molecule has 28 heavy (non-hydrogen) atoms. The molecule has 0 spiro atoms. The van der Waals surface area contributed by atoms with Crippen molar-refractivity contribution >= 4 is 35.0 Å². The summed E-state index contributed by atoms with van der Waals surface area (Å²) in [6.45, 7) is 3.09. The number of hydrogen-bond acceptors (Lipinski definition) is 6. The lowest BCUT2D eigenvalue weighted by atomic mass is 10.2. The molecule has 1 aromatic heterocycles. The predicted molar refractivity (Wildman–Crippen MR) is 111 cm³/mol. The molecule has 1 amide bonds. The summed E-state index contributed by atoms with van der Waals surface area (Å²) in [5.74, 6) is 0.761. The van der Waals surface area contributed by atoms with Crippen molar-refractivity contribution in [1.82, 2.24) is 15.1 Å². The number of rotatable bonds is 5. The Morgan fingerprint density at radius 3 is 2.57 bits per heavy atom. The van der Waals surface area contributed by atoms with E-state index in [0.29, 0.717) is 29.2 Å². The maximum atomic E-state index is 12.5. The average molecular weight is 415 g/mol. The van der Waals surface area contributed by atoms with Gasteiger partial charge in [-0.15, -0.1) is 10.2 Å². The molecule has 2 aromatic carbocycles. The minimum atomic E-state index is 0.0835. The third kappa shape index (κ3) is 4.48. The van der Waals surface area contributed by atoms with Crippen LogP contribution in [0.1, 0.15) is 0 Å². The van der Waals surface area contributed by atoms with Crippen LogP contribution >= 0.6 is 23.4 Å². The maximum Gasteiger partial charge on any atom is 0.277 e. The first kappa shape index (κ1) is 18.8. The van der Waals surface area contributed by atoms with Gasteiger partial charge in [-0.3, -0.25) is 4.79 Å². The molecule has 1 saturated heterocycles. The maximum absolute atomic E-state index is 12.5. The molecule has 0 aliphatic carbocycles. The van der Waals surface area contributed by atoms with Crippen LogP contribution in [0.25, 0.3) is 11.5 Å². The normalized spacial score (nSPS) is 14.3. The van der Waals surface area contributed by atoms with Crippen molar-refractivity contribution in [3.05, 3.63) is 59.6 Å². The third-order valence-corrected chi connectivity index (χ3v) is 5.59. The van der Waals surface area contributed by atoms with Gasteiger partial charge >= 0.3 is 0 Å². The molecule has 2 heterocycles. The van der Waals surface area contributed by atoms with E-state index in [-0.39, 0.29) is 11.7 Å². The summed E-state index contributed by atoms with van der Waals surface area (Å²) in [7, 11) is 0. The van der Waals surface area contributed by atoms with E-state index in [1.54, 1.807) is 12.1 Å². The van der Waals surface area contributed by atoms with Crippen molar-refractivity contribution in [2.24, 2.45) is 0 Å². The van der Waals surface area contributed by atoms with Crippen LogP contribution in [0, 0.1) is 0 Å². The molecule has 1 aliphatic heterocycles. The number of amides is 1. The van der Waals surface area contributed by atoms with Crippen LogP contribution in [-0.2, 0) is 4.79 Å². The summed E-state index contributed by atoms with van der Waals surface area (Å²) < 4.78 is 5.64. The van der Waals surface area contributed by atoms with Gasteiger partial charge in [0.25, 0.3) is 5.22 Å². The molecule has 1 aliphatic rings. The Balaban J connectivity index is 1.28. The first-order valence-electron chi connectivity index (χ1n) is 8.99. The second kappa shape index (κ2) is 8.67. The lowest BCUT2D eigenvalue weighted by Crippen LogP contribution is -2.49. The molecule has 0 radical (unpaired) electrons. The monoisotopic (exact) mass is 414 g/mol. The molecule has 0 unspecified atom stereocenters. The Labute approximate surface area is 172 Å². The number of halogens is 1. The lowest BCUT2D eigenvalue weighted by Gasteiger charge is -2.36. The van der Waals surface area contributed by atoms with E-state index in [4.69, 9.17) is 16.0 Å². The summed E-state index contributed by atoms with van der Waals surface area (Å²) in [5.41, 5.74) is 1.96. The highest BCUT2D eigenvalue weighted by atomic mass is 35.5. The van der Waals surface area contributed by atoms with Gasteiger partial charge in [-0.1, -0.05) is 47.6 Å². The number of hydrogen-bond donors (Lipinski definition) is 0. The lowest BCUT2D eigenvalue weighted by molar-refractivity contribution is -0.128. The Bertz CT molecular complexity index is 942. The number of anilines is 1. The van der Waals surface area contributed by atoms with Crippen LogP contribution in [0.2, 0.25) is 5.02 Å². The number of nitrogens with zero attached hydrogens (tertiary/aromatic N) is 4. The highest BCUT2D eigenvalue weighted by Gasteiger charge is 2.22. The minimum absolute atomic E-state index is 0.0835. The SMILES string of the molecule is O=C(CSc1nnc(-c2cccc(Cl)c2)o1)N1CCN(c2ccccc2)CC1. The van der Waals surface area contributed by atoms with E-state index in [0.717, 1.165) is 18.7 Å². The van der Waals surface area contributed by atoms with Crippen LogP contribution in [-0.4, -0.2) is 52.9 Å². The molecule has 0 atom stereocenters. The zero-order valence-corrected chi connectivity index (χ0v) is 16.7. The van der Waals surface area contributed by atoms with Crippen LogP contribution in [0.4, 0.5) is 5.69 Å². The Morgan fingerprint density at radius 2 is 1.82 bits per heavy atom. The van der Waals surface area contributed by atoms with Crippen molar-refractivity contribution in [3.8, 4) is 11.5 Å². The topological polar surface area (TPSA) is 62.5 Å². The molecule has 0 N–H and O–H groups in total. The molecule has 144 valence electrons. The van der Waals surface area contributed by atoms with Gasteiger partial charge in [0, 0.05) is 42.5 Å². The zero-order valence-electron chi connectivity index (χ0n) is 15.1. The minimum Gasteiger partial charge on any atom is -0.411 e. The molecule has 4 rings (SSSR count). The van der Waals surface area contributed by atoms with Gasteiger partial charge in [0.15, 0.2) is 0 Å². The van der Waals surface area contributed by atoms with Crippen LogP contribution in [0.3, 0.4) is 0 Å². The molecule has 8 heteroatoms. The average Bonchev–Trinajstić information content (AvgIpc) is 3.22. The largest absolute Gasteiger partial charge is 0.411 e. The van der Waals surface area contributed by atoms with Crippen molar-refractivity contribution in [2.45, 2.75) is 5.22 Å². The van der Waals surface area contributed by atoms with Crippen LogP contribution < -0.4 is 4.90 Å². The Kier molecular flexibility index (Phi) is 5.83. The van der Waals surface area contributed by atoms with Gasteiger partial charge in [0.1, 0.15) is 0 Å². The number of aromatic nitrogens is 2. The van der Waals surface area contributed by atoms with E-state index < -0.39 is 0 Å². The van der Waals surface area contributed by atoms with Crippen LogP contribution in [0.5, 0.6) is 0 Å². The van der Waals surface area contributed by atoms with Crippen molar-refractivity contribution in [1.29, 1.82) is 0 Å². The number of piperazine rings is 1. The quantitative estimate of drug-likeness (QED) is 0.591. The number of thioether (sulfide) groups is 1. The highest BCUT2D eigenvalue weighted by Crippen LogP contribution is 2.25. The third-order valence-electron chi connectivity index (χ3n) is 4.55. The summed E-state index contributed by atoms with van der Waals surface area (Å²) in [6.07, 6.45) is 0. The Morgan fingerprint density at radius 1 is 1.04 bits per heavy atom.